The lowest BCUT2D eigenvalue weighted by atomic mass is 9.79. The molecule has 2 N–H and O–H groups in total. The van der Waals surface area contributed by atoms with Gasteiger partial charge in [-0.15, -0.1) is 0 Å². The molecule has 0 amide bonds. The van der Waals surface area contributed by atoms with Gasteiger partial charge in [-0.3, -0.25) is 0 Å². The molecule has 282 valence electrons. The van der Waals surface area contributed by atoms with Gasteiger partial charge in [-0.1, -0.05) is 121 Å². The van der Waals surface area contributed by atoms with Crippen molar-refractivity contribution in [1.82, 2.24) is 5.32 Å². The van der Waals surface area contributed by atoms with Crippen LogP contribution in [0.3, 0.4) is 0 Å². The Morgan fingerprint density at radius 3 is 1.89 bits per heavy atom. The fourth-order valence-corrected chi connectivity index (χ4v) is 7.63. The SMILES string of the molecule is CCOc1ccc(Cc2cc([C@]34OC[C@](C(O)CNC)(O3)[C@@H](OCc3ccccc3)[C@H](OCc3ccccc3)[C@H]4OCc3ccccc3)ccc2Cl)cc1. The van der Waals surface area contributed by atoms with Crippen molar-refractivity contribution in [2.45, 2.75) is 69.0 Å². The van der Waals surface area contributed by atoms with Gasteiger partial charge in [0.15, 0.2) is 5.60 Å². The van der Waals surface area contributed by atoms with Crippen LogP contribution in [0.4, 0.5) is 0 Å². The Morgan fingerprint density at radius 1 is 0.741 bits per heavy atom. The second kappa shape index (κ2) is 17.6. The standard InChI is InChI=1S/C45H48ClNO7/c1-3-49-38-22-19-32(20-23-38)25-36-26-37(21-24-39(36)46)45-43(52-30-35-17-11-6-12-18-35)41(50-28-33-13-7-4-8-14-33)42(51-29-34-15-9-5-10-16-34)44(54-45,31-53-45)40(48)27-47-2/h4-24,26,40-43,47-48H,3,25,27-31H2,1-2H3/t40?,41-,42-,43+,44+,45-/m0/s1. The molecule has 7 rings (SSSR count). The topological polar surface area (TPSA) is 87.6 Å². The minimum absolute atomic E-state index is 0.0303. The second-order valence-electron chi connectivity index (χ2n) is 13.8. The van der Waals surface area contributed by atoms with Gasteiger partial charge in [-0.25, -0.2) is 0 Å². The van der Waals surface area contributed by atoms with Gasteiger partial charge < -0.3 is 38.8 Å². The minimum atomic E-state index is -1.49. The summed E-state index contributed by atoms with van der Waals surface area (Å²) < 4.78 is 40.6. The zero-order chi connectivity index (χ0) is 37.4. The lowest BCUT2D eigenvalue weighted by Gasteiger charge is -2.52. The van der Waals surface area contributed by atoms with Crippen LogP contribution in [0.5, 0.6) is 5.75 Å². The molecule has 5 aromatic rings. The highest BCUT2D eigenvalue weighted by molar-refractivity contribution is 6.31. The van der Waals surface area contributed by atoms with Gasteiger partial charge in [0, 0.05) is 17.1 Å². The average Bonchev–Trinajstić information content (AvgIpc) is 3.57. The number of likely N-dealkylation sites (N-methyl/N-ethyl adjacent to an activating group) is 1. The summed E-state index contributed by atoms with van der Waals surface area (Å²) in [6.45, 7) is 3.63. The Labute approximate surface area is 322 Å². The number of fused-ring (bicyclic) bond motifs is 2. The van der Waals surface area contributed by atoms with Crippen LogP contribution in [0.25, 0.3) is 0 Å². The van der Waals surface area contributed by atoms with E-state index in [1.165, 1.54) is 0 Å². The summed E-state index contributed by atoms with van der Waals surface area (Å²) >= 11 is 6.90. The van der Waals surface area contributed by atoms with E-state index in [1.807, 2.05) is 140 Å². The zero-order valence-corrected chi connectivity index (χ0v) is 31.5. The summed E-state index contributed by atoms with van der Waals surface area (Å²) in [5, 5.41) is 15.8. The molecular weight excluding hydrogens is 702 g/mol. The second-order valence-corrected chi connectivity index (χ2v) is 14.2. The predicted molar refractivity (Wildman–Crippen MR) is 208 cm³/mol. The number of halogens is 1. The maximum atomic E-state index is 12.1. The smallest absolute Gasteiger partial charge is 0.225 e. The number of hydrogen-bond donors (Lipinski definition) is 2. The quantitative estimate of drug-likeness (QED) is 0.101. The third-order valence-corrected chi connectivity index (χ3v) is 10.5. The molecule has 0 radical (unpaired) electrons. The summed E-state index contributed by atoms with van der Waals surface area (Å²) in [7, 11) is 1.80. The van der Waals surface area contributed by atoms with Gasteiger partial charge >= 0.3 is 0 Å². The Morgan fingerprint density at radius 2 is 1.31 bits per heavy atom. The maximum Gasteiger partial charge on any atom is 0.225 e. The molecule has 5 aromatic carbocycles. The van der Waals surface area contributed by atoms with Crippen LogP contribution in [0, 0.1) is 0 Å². The van der Waals surface area contributed by atoms with Gasteiger partial charge in [0.1, 0.15) is 30.2 Å². The molecule has 2 fully saturated rings. The molecule has 0 aromatic heterocycles. The first-order valence-electron chi connectivity index (χ1n) is 18.6. The fraction of sp³-hybridized carbons (Fsp3) is 0.333. The van der Waals surface area contributed by atoms with E-state index in [0.29, 0.717) is 23.6 Å². The molecule has 2 aliphatic rings. The first-order valence-corrected chi connectivity index (χ1v) is 19.0. The molecular formula is C45H48ClNO7. The van der Waals surface area contributed by atoms with Crippen molar-refractivity contribution in [2.24, 2.45) is 0 Å². The van der Waals surface area contributed by atoms with Crippen LogP contribution in [0.2, 0.25) is 5.02 Å². The van der Waals surface area contributed by atoms with E-state index in [2.05, 4.69) is 5.32 Å². The van der Waals surface area contributed by atoms with Gasteiger partial charge in [-0.05, 0) is 72.5 Å². The molecule has 0 saturated carbocycles. The largest absolute Gasteiger partial charge is 0.494 e. The Bertz CT molecular complexity index is 1920. The molecule has 0 aliphatic carbocycles. The first kappa shape index (κ1) is 38.2. The van der Waals surface area contributed by atoms with Crippen LogP contribution < -0.4 is 10.1 Å². The van der Waals surface area contributed by atoms with Crippen LogP contribution in [-0.2, 0) is 55.7 Å². The molecule has 2 heterocycles. The summed E-state index contributed by atoms with van der Waals surface area (Å²) in [4.78, 5) is 0. The van der Waals surface area contributed by atoms with E-state index >= 15 is 0 Å². The summed E-state index contributed by atoms with van der Waals surface area (Å²) in [6, 6.07) is 43.8. The summed E-state index contributed by atoms with van der Waals surface area (Å²) in [6.07, 6.45) is -2.84. The molecule has 54 heavy (non-hydrogen) atoms. The van der Waals surface area contributed by atoms with Crippen LogP contribution >= 0.6 is 11.6 Å². The molecule has 0 spiro atoms. The number of ether oxygens (including phenoxy) is 6. The van der Waals surface area contributed by atoms with E-state index in [1.54, 1.807) is 7.05 Å². The Balaban J connectivity index is 1.33. The number of benzene rings is 5. The van der Waals surface area contributed by atoms with Crippen molar-refractivity contribution >= 4 is 11.6 Å². The lowest BCUT2D eigenvalue weighted by molar-refractivity contribution is -0.360. The number of hydrogen-bond acceptors (Lipinski definition) is 8. The number of nitrogens with one attached hydrogen (secondary N) is 1. The molecule has 2 aliphatic heterocycles. The minimum Gasteiger partial charge on any atom is -0.494 e. The van der Waals surface area contributed by atoms with Crippen molar-refractivity contribution in [3.63, 3.8) is 0 Å². The van der Waals surface area contributed by atoms with E-state index in [4.69, 9.17) is 40.0 Å². The number of aliphatic hydroxyl groups excluding tert-OH is 1. The fourth-order valence-electron chi connectivity index (χ4n) is 7.44. The third-order valence-electron chi connectivity index (χ3n) is 10.2. The van der Waals surface area contributed by atoms with Crippen molar-refractivity contribution in [3.8, 4) is 5.75 Å². The van der Waals surface area contributed by atoms with Crippen molar-refractivity contribution in [1.29, 1.82) is 0 Å². The monoisotopic (exact) mass is 749 g/mol. The van der Waals surface area contributed by atoms with Crippen LogP contribution in [0.15, 0.2) is 133 Å². The zero-order valence-electron chi connectivity index (χ0n) is 30.7. The van der Waals surface area contributed by atoms with Gasteiger partial charge in [-0.2, -0.15) is 0 Å². The highest BCUT2D eigenvalue weighted by atomic mass is 35.5. The predicted octanol–water partition coefficient (Wildman–Crippen LogP) is 7.62. The molecule has 1 unspecified atom stereocenters. The molecule has 9 heteroatoms. The summed E-state index contributed by atoms with van der Waals surface area (Å²) in [5.41, 5.74) is 4.28. The lowest BCUT2D eigenvalue weighted by Crippen LogP contribution is -2.70. The number of rotatable bonds is 17. The van der Waals surface area contributed by atoms with Crippen molar-refractivity contribution < 1.29 is 33.5 Å². The maximum absolute atomic E-state index is 12.1. The van der Waals surface area contributed by atoms with Crippen molar-refractivity contribution in [2.75, 3.05) is 26.8 Å². The third kappa shape index (κ3) is 8.27. The molecule has 6 atom stereocenters. The van der Waals surface area contributed by atoms with E-state index < -0.39 is 35.8 Å². The van der Waals surface area contributed by atoms with E-state index in [9.17, 15) is 5.11 Å². The highest BCUT2D eigenvalue weighted by Gasteiger charge is 2.71. The number of aliphatic hydroxyl groups is 1. The van der Waals surface area contributed by atoms with Gasteiger partial charge in [0.2, 0.25) is 5.79 Å². The first-order chi connectivity index (χ1) is 26.4. The molecule has 2 bridgehead atoms. The Kier molecular flexibility index (Phi) is 12.4. The molecule has 2 saturated heterocycles. The average molecular weight is 750 g/mol. The molecule has 8 nitrogen and oxygen atoms in total. The van der Waals surface area contributed by atoms with E-state index in [-0.39, 0.29) is 33.0 Å². The normalized spacial score (nSPS) is 24.0. The summed E-state index contributed by atoms with van der Waals surface area (Å²) in [5.74, 6) is -0.675. The van der Waals surface area contributed by atoms with Crippen LogP contribution in [0.1, 0.15) is 40.3 Å². The van der Waals surface area contributed by atoms with Crippen molar-refractivity contribution in [3.05, 3.63) is 172 Å². The Hall–Kier alpha value is -4.09. The highest BCUT2D eigenvalue weighted by Crippen LogP contribution is 2.54. The van der Waals surface area contributed by atoms with Crippen LogP contribution in [-0.4, -0.2) is 61.9 Å². The van der Waals surface area contributed by atoms with E-state index in [0.717, 1.165) is 33.6 Å². The van der Waals surface area contributed by atoms with Gasteiger partial charge in [0.25, 0.3) is 0 Å². The van der Waals surface area contributed by atoms with Gasteiger partial charge in [0.05, 0.1) is 33.0 Å².